The third-order valence-corrected chi connectivity index (χ3v) is 4.26. The van der Waals surface area contributed by atoms with Crippen LogP contribution in [0.1, 0.15) is 44.6 Å². The molecule has 1 amide bonds. The van der Waals surface area contributed by atoms with Gasteiger partial charge >= 0.3 is 5.97 Å². The predicted octanol–water partition coefficient (Wildman–Crippen LogP) is 2.98. The maximum atomic E-state index is 12.8. The number of likely N-dealkylation sites (tertiary alicyclic amines) is 1. The van der Waals surface area contributed by atoms with Crippen LogP contribution in [0.25, 0.3) is 0 Å². The maximum Gasteiger partial charge on any atom is 0.310 e. The van der Waals surface area contributed by atoms with Crippen LogP contribution in [0, 0.1) is 5.92 Å². The van der Waals surface area contributed by atoms with Crippen LogP contribution < -0.4 is 0 Å². The number of ether oxygens (including phenoxy) is 1. The van der Waals surface area contributed by atoms with Gasteiger partial charge in [-0.3, -0.25) is 9.59 Å². The fraction of sp³-hybridized carbons (Fsp3) is 0.556. The minimum atomic E-state index is -0.175. The molecule has 120 valence electrons. The Labute approximate surface area is 132 Å². The summed E-state index contributed by atoms with van der Waals surface area (Å²) in [6.07, 6.45) is 2.44. The van der Waals surface area contributed by atoms with Crippen molar-refractivity contribution in [2.24, 2.45) is 5.92 Å². The average Bonchev–Trinajstić information content (AvgIpc) is 2.57. The molecular formula is C18H25NO3. The van der Waals surface area contributed by atoms with Crippen LogP contribution in [0.15, 0.2) is 30.3 Å². The maximum absolute atomic E-state index is 12.8. The van der Waals surface area contributed by atoms with Crippen LogP contribution in [0.3, 0.4) is 0 Å². The van der Waals surface area contributed by atoms with Crippen molar-refractivity contribution in [3.05, 3.63) is 35.9 Å². The minimum absolute atomic E-state index is 0.123. The third-order valence-electron chi connectivity index (χ3n) is 4.26. The summed E-state index contributed by atoms with van der Waals surface area (Å²) >= 11 is 0. The molecule has 4 heteroatoms. The number of carbonyl (C=O) groups excluding carboxylic acids is 2. The van der Waals surface area contributed by atoms with Gasteiger partial charge in [0, 0.05) is 13.1 Å². The molecule has 0 aromatic heterocycles. The molecule has 0 aliphatic carbocycles. The Balaban J connectivity index is 2.06. The first-order valence-corrected chi connectivity index (χ1v) is 8.17. The molecule has 0 radical (unpaired) electrons. The number of hydrogen-bond donors (Lipinski definition) is 0. The second-order valence-corrected chi connectivity index (χ2v) is 5.75. The Hall–Kier alpha value is -1.84. The van der Waals surface area contributed by atoms with Gasteiger partial charge in [-0.2, -0.15) is 0 Å². The molecule has 0 spiro atoms. The van der Waals surface area contributed by atoms with E-state index in [1.807, 2.05) is 49.1 Å². The number of nitrogens with zero attached hydrogens (tertiary/aromatic N) is 1. The Morgan fingerprint density at radius 3 is 2.64 bits per heavy atom. The van der Waals surface area contributed by atoms with E-state index in [2.05, 4.69) is 0 Å². The van der Waals surface area contributed by atoms with Gasteiger partial charge in [0.05, 0.1) is 18.4 Å². The van der Waals surface area contributed by atoms with E-state index in [9.17, 15) is 9.59 Å². The van der Waals surface area contributed by atoms with E-state index in [4.69, 9.17) is 4.74 Å². The molecule has 2 atom stereocenters. The van der Waals surface area contributed by atoms with E-state index in [0.29, 0.717) is 13.2 Å². The Kier molecular flexibility index (Phi) is 5.99. The zero-order chi connectivity index (χ0) is 15.9. The van der Waals surface area contributed by atoms with Crippen molar-refractivity contribution in [1.29, 1.82) is 0 Å². The number of carbonyl (C=O) groups is 2. The summed E-state index contributed by atoms with van der Waals surface area (Å²) in [6.45, 7) is 5.46. The van der Waals surface area contributed by atoms with Gasteiger partial charge in [-0.1, -0.05) is 37.3 Å². The molecular weight excluding hydrogens is 278 g/mol. The van der Waals surface area contributed by atoms with Crippen molar-refractivity contribution in [3.63, 3.8) is 0 Å². The van der Waals surface area contributed by atoms with E-state index in [1.54, 1.807) is 0 Å². The summed E-state index contributed by atoms with van der Waals surface area (Å²) < 4.78 is 5.10. The van der Waals surface area contributed by atoms with Gasteiger partial charge in [-0.15, -0.1) is 0 Å². The summed E-state index contributed by atoms with van der Waals surface area (Å²) in [7, 11) is 0. The fourth-order valence-corrected chi connectivity index (χ4v) is 3.09. The number of piperidine rings is 1. The van der Waals surface area contributed by atoms with Crippen molar-refractivity contribution in [2.75, 3.05) is 19.7 Å². The smallest absolute Gasteiger partial charge is 0.310 e. The average molecular weight is 303 g/mol. The standard InChI is InChI=1S/C18H25NO3/c1-3-16(14-9-6-5-7-10-14)17(20)19-12-8-11-15(13-19)18(21)22-4-2/h5-7,9-10,15-16H,3-4,8,11-13H2,1-2H3/t15-,16-/m1/s1. The zero-order valence-corrected chi connectivity index (χ0v) is 13.5. The minimum Gasteiger partial charge on any atom is -0.466 e. The number of hydrogen-bond acceptors (Lipinski definition) is 3. The molecule has 22 heavy (non-hydrogen) atoms. The van der Waals surface area contributed by atoms with Crippen molar-refractivity contribution in [1.82, 2.24) is 4.90 Å². The lowest BCUT2D eigenvalue weighted by Crippen LogP contribution is -2.44. The summed E-state index contributed by atoms with van der Waals surface area (Å²) in [4.78, 5) is 26.6. The van der Waals surface area contributed by atoms with Gasteiger partial charge in [0.1, 0.15) is 0 Å². The second-order valence-electron chi connectivity index (χ2n) is 5.75. The Bertz CT molecular complexity index is 500. The highest BCUT2D eigenvalue weighted by molar-refractivity contribution is 5.84. The summed E-state index contributed by atoms with van der Waals surface area (Å²) in [5, 5.41) is 0. The third kappa shape index (κ3) is 3.87. The van der Waals surface area contributed by atoms with Gasteiger partial charge in [0.2, 0.25) is 5.91 Å². The molecule has 1 aromatic rings. The number of esters is 1. The van der Waals surface area contributed by atoms with Crippen molar-refractivity contribution in [3.8, 4) is 0 Å². The highest BCUT2D eigenvalue weighted by atomic mass is 16.5. The molecule has 0 bridgehead atoms. The molecule has 1 fully saturated rings. The van der Waals surface area contributed by atoms with Crippen LogP contribution in [0.2, 0.25) is 0 Å². The van der Waals surface area contributed by atoms with Crippen LogP contribution >= 0.6 is 0 Å². The summed E-state index contributed by atoms with van der Waals surface area (Å²) in [5.41, 5.74) is 1.05. The number of rotatable bonds is 5. The molecule has 1 aliphatic heterocycles. The molecule has 1 aromatic carbocycles. The topological polar surface area (TPSA) is 46.6 Å². The lowest BCUT2D eigenvalue weighted by Gasteiger charge is -2.34. The van der Waals surface area contributed by atoms with Crippen LogP contribution in [-0.4, -0.2) is 36.5 Å². The monoisotopic (exact) mass is 303 g/mol. The van der Waals surface area contributed by atoms with Crippen LogP contribution in [-0.2, 0) is 14.3 Å². The Morgan fingerprint density at radius 1 is 1.27 bits per heavy atom. The number of amides is 1. The van der Waals surface area contributed by atoms with Gasteiger partial charge in [0.25, 0.3) is 0 Å². The van der Waals surface area contributed by atoms with Crippen molar-refractivity contribution in [2.45, 2.75) is 39.0 Å². The molecule has 1 heterocycles. The first-order chi connectivity index (χ1) is 10.7. The fourth-order valence-electron chi connectivity index (χ4n) is 3.09. The molecule has 4 nitrogen and oxygen atoms in total. The first kappa shape index (κ1) is 16.5. The van der Waals surface area contributed by atoms with Crippen LogP contribution in [0.4, 0.5) is 0 Å². The summed E-state index contributed by atoms with van der Waals surface area (Å²) in [6, 6.07) is 9.88. The molecule has 0 N–H and O–H groups in total. The van der Waals surface area contributed by atoms with E-state index in [0.717, 1.165) is 31.4 Å². The molecule has 0 saturated carbocycles. The predicted molar refractivity (Wildman–Crippen MR) is 85.4 cm³/mol. The molecule has 1 aliphatic rings. The van der Waals surface area contributed by atoms with Gasteiger partial charge in [-0.25, -0.2) is 0 Å². The lowest BCUT2D eigenvalue weighted by molar-refractivity contribution is -0.151. The molecule has 0 unspecified atom stereocenters. The SMILES string of the molecule is CCOC(=O)[C@@H]1CCCN(C(=O)[C@H](CC)c2ccccc2)C1. The number of benzene rings is 1. The summed E-state index contributed by atoms with van der Waals surface area (Å²) in [5.74, 6) is -0.344. The Morgan fingerprint density at radius 2 is 2.00 bits per heavy atom. The van der Waals surface area contributed by atoms with Gasteiger partial charge in [-0.05, 0) is 31.7 Å². The highest BCUT2D eigenvalue weighted by Gasteiger charge is 2.32. The van der Waals surface area contributed by atoms with Crippen LogP contribution in [0.5, 0.6) is 0 Å². The zero-order valence-electron chi connectivity index (χ0n) is 13.5. The van der Waals surface area contributed by atoms with E-state index < -0.39 is 0 Å². The normalized spacial score (nSPS) is 19.5. The van der Waals surface area contributed by atoms with E-state index >= 15 is 0 Å². The van der Waals surface area contributed by atoms with Gasteiger partial charge < -0.3 is 9.64 Å². The highest BCUT2D eigenvalue weighted by Crippen LogP contribution is 2.26. The lowest BCUT2D eigenvalue weighted by atomic mass is 9.92. The van der Waals surface area contributed by atoms with Gasteiger partial charge in [0.15, 0.2) is 0 Å². The van der Waals surface area contributed by atoms with E-state index in [-0.39, 0.29) is 23.7 Å². The first-order valence-electron chi connectivity index (χ1n) is 8.17. The van der Waals surface area contributed by atoms with Crippen molar-refractivity contribution >= 4 is 11.9 Å². The largest absolute Gasteiger partial charge is 0.466 e. The van der Waals surface area contributed by atoms with E-state index in [1.165, 1.54) is 0 Å². The quantitative estimate of drug-likeness (QED) is 0.786. The second kappa shape index (κ2) is 7.97. The molecule has 2 rings (SSSR count). The molecule has 1 saturated heterocycles. The van der Waals surface area contributed by atoms with Crippen molar-refractivity contribution < 1.29 is 14.3 Å².